The lowest BCUT2D eigenvalue weighted by Crippen LogP contribution is -2.43. The van der Waals surface area contributed by atoms with E-state index in [9.17, 15) is 18.0 Å². The zero-order chi connectivity index (χ0) is 23.8. The summed E-state index contributed by atoms with van der Waals surface area (Å²) in [6.07, 6.45) is 3.56. The van der Waals surface area contributed by atoms with Gasteiger partial charge in [0.05, 0.1) is 10.3 Å². The van der Waals surface area contributed by atoms with Crippen molar-refractivity contribution in [2.45, 2.75) is 57.4 Å². The van der Waals surface area contributed by atoms with Gasteiger partial charge in [-0.3, -0.25) is 9.59 Å². The highest BCUT2D eigenvalue weighted by Crippen LogP contribution is 2.27. The normalized spacial score (nSPS) is 17.2. The largest absolute Gasteiger partial charge is 0.451 e. The summed E-state index contributed by atoms with van der Waals surface area (Å²) in [5, 5.41) is 3.10. The average molecular weight is 469 g/mol. The summed E-state index contributed by atoms with van der Waals surface area (Å²) in [7, 11) is -3.60. The van der Waals surface area contributed by atoms with Crippen LogP contribution in [-0.2, 0) is 10.0 Å². The van der Waals surface area contributed by atoms with Crippen LogP contribution in [0.1, 0.15) is 54.3 Å². The van der Waals surface area contributed by atoms with Crippen molar-refractivity contribution in [1.82, 2.24) is 4.31 Å². The maximum absolute atomic E-state index is 13.1. The number of rotatable bonds is 5. The number of hydrogen-bond acceptors (Lipinski definition) is 5. The van der Waals surface area contributed by atoms with E-state index in [1.807, 2.05) is 20.8 Å². The number of amides is 1. The monoisotopic (exact) mass is 468 g/mol. The highest BCUT2D eigenvalue weighted by atomic mass is 32.2. The summed E-state index contributed by atoms with van der Waals surface area (Å²) in [6, 6.07) is 10.8. The van der Waals surface area contributed by atoms with Gasteiger partial charge in [-0.1, -0.05) is 13.3 Å². The molecule has 8 heteroatoms. The van der Waals surface area contributed by atoms with Crippen LogP contribution in [0.25, 0.3) is 11.0 Å². The molecule has 1 amide bonds. The number of fused-ring (bicyclic) bond motifs is 1. The van der Waals surface area contributed by atoms with Crippen LogP contribution in [0.15, 0.2) is 56.6 Å². The lowest BCUT2D eigenvalue weighted by molar-refractivity contribution is 0.0997. The smallest absolute Gasteiger partial charge is 0.291 e. The Labute approximate surface area is 193 Å². The van der Waals surface area contributed by atoms with Crippen LogP contribution in [0.2, 0.25) is 0 Å². The van der Waals surface area contributed by atoms with E-state index in [4.69, 9.17) is 4.42 Å². The molecule has 1 saturated heterocycles. The zero-order valence-corrected chi connectivity index (χ0v) is 19.9. The Morgan fingerprint density at radius 2 is 1.79 bits per heavy atom. The van der Waals surface area contributed by atoms with Crippen LogP contribution in [0.4, 0.5) is 5.69 Å². The molecule has 7 nitrogen and oxygen atoms in total. The van der Waals surface area contributed by atoms with E-state index in [0.717, 1.165) is 36.8 Å². The van der Waals surface area contributed by atoms with Gasteiger partial charge >= 0.3 is 0 Å². The fraction of sp³-hybridized carbons (Fsp3) is 0.360. The summed E-state index contributed by atoms with van der Waals surface area (Å²) >= 11 is 0. The summed E-state index contributed by atoms with van der Waals surface area (Å²) in [5.41, 5.74) is 2.39. The lowest BCUT2D eigenvalue weighted by atomic mass is 10.0. The average Bonchev–Trinajstić information content (AvgIpc) is 2.80. The minimum Gasteiger partial charge on any atom is -0.451 e. The van der Waals surface area contributed by atoms with E-state index in [1.54, 1.807) is 28.6 Å². The van der Waals surface area contributed by atoms with Crippen molar-refractivity contribution in [3.05, 3.63) is 69.6 Å². The minimum absolute atomic E-state index is 0.0198. The first kappa shape index (κ1) is 23.2. The standard InChI is InChI=1S/C25H28N2O5S/c1-4-19-7-5-6-12-27(19)33(30,31)20-10-8-18(9-11-20)26-25(29)24-15-22(28)21-13-16(2)17(3)14-23(21)32-24/h8-11,13-15,19H,4-7,12H2,1-3H3,(H,26,29). The summed E-state index contributed by atoms with van der Waals surface area (Å²) < 4.78 is 33.5. The number of benzene rings is 2. The van der Waals surface area contributed by atoms with Gasteiger partial charge in [-0.15, -0.1) is 0 Å². The Balaban J connectivity index is 1.55. The van der Waals surface area contributed by atoms with Gasteiger partial charge in [0, 0.05) is 24.3 Å². The van der Waals surface area contributed by atoms with Gasteiger partial charge in [-0.25, -0.2) is 8.42 Å². The van der Waals surface area contributed by atoms with Crippen LogP contribution in [0.5, 0.6) is 0 Å². The van der Waals surface area contributed by atoms with E-state index >= 15 is 0 Å². The van der Waals surface area contributed by atoms with Crippen molar-refractivity contribution in [2.24, 2.45) is 0 Å². The molecule has 4 rings (SSSR count). The molecule has 1 N–H and O–H groups in total. The van der Waals surface area contributed by atoms with Crippen LogP contribution >= 0.6 is 0 Å². The molecular formula is C25H28N2O5S. The van der Waals surface area contributed by atoms with Crippen molar-refractivity contribution in [3.8, 4) is 0 Å². The van der Waals surface area contributed by atoms with E-state index in [0.29, 0.717) is 23.2 Å². The van der Waals surface area contributed by atoms with Gasteiger partial charge < -0.3 is 9.73 Å². The second kappa shape index (κ2) is 9.11. The predicted octanol–water partition coefficient (Wildman–Crippen LogP) is 4.62. The van der Waals surface area contributed by atoms with E-state index in [-0.39, 0.29) is 22.1 Å². The fourth-order valence-corrected chi connectivity index (χ4v) is 6.03. The molecule has 1 atom stereocenters. The fourth-order valence-electron chi connectivity index (χ4n) is 4.26. The molecule has 0 radical (unpaired) electrons. The third-order valence-corrected chi connectivity index (χ3v) is 8.30. The van der Waals surface area contributed by atoms with E-state index in [1.165, 1.54) is 18.2 Å². The van der Waals surface area contributed by atoms with Crippen molar-refractivity contribution in [1.29, 1.82) is 0 Å². The van der Waals surface area contributed by atoms with Crippen molar-refractivity contribution < 1.29 is 17.6 Å². The molecule has 1 aromatic heterocycles. The SMILES string of the molecule is CCC1CCCCN1S(=O)(=O)c1ccc(NC(=O)c2cc(=O)c3cc(C)c(C)cc3o2)cc1. The van der Waals surface area contributed by atoms with Crippen LogP contribution in [0.3, 0.4) is 0 Å². The van der Waals surface area contributed by atoms with Gasteiger partial charge in [0.1, 0.15) is 5.58 Å². The molecule has 0 bridgehead atoms. The molecule has 0 aliphatic carbocycles. The van der Waals surface area contributed by atoms with Gasteiger partial charge in [-0.05, 0) is 80.6 Å². The third kappa shape index (κ3) is 4.58. The van der Waals surface area contributed by atoms with Crippen molar-refractivity contribution in [2.75, 3.05) is 11.9 Å². The molecule has 0 saturated carbocycles. The Kier molecular flexibility index (Phi) is 6.41. The highest BCUT2D eigenvalue weighted by Gasteiger charge is 2.32. The number of anilines is 1. The minimum atomic E-state index is -3.60. The Bertz CT molecular complexity index is 1360. The summed E-state index contributed by atoms with van der Waals surface area (Å²) in [5.74, 6) is -0.684. The first-order chi connectivity index (χ1) is 15.7. The Morgan fingerprint density at radius 1 is 1.09 bits per heavy atom. The van der Waals surface area contributed by atoms with Gasteiger partial charge in [0.2, 0.25) is 10.0 Å². The predicted molar refractivity (Wildman–Crippen MR) is 128 cm³/mol. The first-order valence-electron chi connectivity index (χ1n) is 11.2. The molecule has 174 valence electrons. The summed E-state index contributed by atoms with van der Waals surface area (Å²) in [6.45, 7) is 6.35. The molecular weight excluding hydrogens is 440 g/mol. The third-order valence-electron chi connectivity index (χ3n) is 6.33. The molecule has 1 aliphatic heterocycles. The number of piperidine rings is 1. The van der Waals surface area contributed by atoms with Crippen LogP contribution < -0.4 is 10.7 Å². The van der Waals surface area contributed by atoms with Crippen molar-refractivity contribution in [3.63, 3.8) is 0 Å². The highest BCUT2D eigenvalue weighted by molar-refractivity contribution is 7.89. The Morgan fingerprint density at radius 3 is 2.48 bits per heavy atom. The van der Waals surface area contributed by atoms with Gasteiger partial charge in [-0.2, -0.15) is 4.31 Å². The number of nitrogens with zero attached hydrogens (tertiary/aromatic N) is 1. The van der Waals surface area contributed by atoms with Gasteiger partial charge in [0.15, 0.2) is 11.2 Å². The molecule has 1 aliphatic rings. The molecule has 2 aromatic carbocycles. The number of hydrogen-bond donors (Lipinski definition) is 1. The van der Waals surface area contributed by atoms with E-state index in [2.05, 4.69) is 5.32 Å². The van der Waals surface area contributed by atoms with Crippen molar-refractivity contribution >= 4 is 32.6 Å². The number of carbonyl (C=O) groups excluding carboxylic acids is 1. The number of carbonyl (C=O) groups is 1. The second-order valence-corrected chi connectivity index (χ2v) is 10.5. The lowest BCUT2D eigenvalue weighted by Gasteiger charge is -2.34. The van der Waals surface area contributed by atoms with Gasteiger partial charge in [0.25, 0.3) is 5.91 Å². The number of aryl methyl sites for hydroxylation is 2. The molecule has 2 heterocycles. The number of sulfonamides is 1. The van der Waals surface area contributed by atoms with Crippen LogP contribution in [0, 0.1) is 13.8 Å². The second-order valence-electron chi connectivity index (χ2n) is 8.56. The van der Waals surface area contributed by atoms with Crippen LogP contribution in [-0.4, -0.2) is 31.2 Å². The quantitative estimate of drug-likeness (QED) is 0.590. The first-order valence-corrected chi connectivity index (χ1v) is 12.6. The number of nitrogens with one attached hydrogen (secondary N) is 1. The maximum atomic E-state index is 13.1. The molecule has 0 spiro atoms. The Hall–Kier alpha value is -2.97. The molecule has 1 fully saturated rings. The van der Waals surface area contributed by atoms with E-state index < -0.39 is 15.9 Å². The maximum Gasteiger partial charge on any atom is 0.291 e. The molecule has 33 heavy (non-hydrogen) atoms. The molecule has 3 aromatic rings. The zero-order valence-electron chi connectivity index (χ0n) is 19.1. The topological polar surface area (TPSA) is 96.7 Å². The summed E-state index contributed by atoms with van der Waals surface area (Å²) in [4.78, 5) is 25.4. The molecule has 1 unspecified atom stereocenters.